The average molecular weight is 400 g/mol. The van der Waals surface area contributed by atoms with Crippen molar-refractivity contribution >= 4 is 7.60 Å². The number of unbranched alkanes of at least 4 members (excludes halogenated alkanes) is 3. The van der Waals surface area contributed by atoms with Crippen LogP contribution in [0.25, 0.3) is 0 Å². The predicted octanol–water partition coefficient (Wildman–Crippen LogP) is 6.55. The number of benzene rings is 2. The summed E-state index contributed by atoms with van der Waals surface area (Å²) in [7, 11) is -3.27. The Balaban J connectivity index is 1.79. The molecule has 2 atom stereocenters. The highest BCUT2D eigenvalue weighted by Crippen LogP contribution is 2.64. The number of fused-ring (bicyclic) bond motifs is 6. The number of phenolic OH excluding ortho intramolecular Hbond substituents is 1. The quantitative estimate of drug-likeness (QED) is 0.457. The summed E-state index contributed by atoms with van der Waals surface area (Å²) < 4.78 is 25.1. The molecule has 0 aromatic heterocycles. The van der Waals surface area contributed by atoms with Crippen LogP contribution in [-0.2, 0) is 11.0 Å². The standard InChI is InChI=1S/C23H29O4P/c1-5-6-7-8-9-17-11-18-19-13-28(25,26-21(18)12-20(17)24)27-23-16(4)14(2)10-15(3)22(19)23/h10-12,19,24H,5-9,13H2,1-4H3. The van der Waals surface area contributed by atoms with Gasteiger partial charge in [-0.3, -0.25) is 0 Å². The molecule has 0 saturated carbocycles. The summed E-state index contributed by atoms with van der Waals surface area (Å²) in [5, 5.41) is 10.5. The molecule has 0 saturated heterocycles. The molecule has 0 aliphatic carbocycles. The fourth-order valence-electron chi connectivity index (χ4n) is 4.50. The lowest BCUT2D eigenvalue weighted by atomic mass is 9.84. The molecule has 0 amide bonds. The molecule has 2 unspecified atom stereocenters. The average Bonchev–Trinajstić information content (AvgIpc) is 2.63. The van der Waals surface area contributed by atoms with E-state index < -0.39 is 7.60 Å². The molecular weight excluding hydrogens is 371 g/mol. The second kappa shape index (κ2) is 7.15. The maximum atomic E-state index is 13.3. The van der Waals surface area contributed by atoms with E-state index in [1.54, 1.807) is 6.07 Å². The van der Waals surface area contributed by atoms with E-state index >= 15 is 0 Å². The number of phenols is 1. The van der Waals surface area contributed by atoms with E-state index in [0.717, 1.165) is 58.4 Å². The highest BCUT2D eigenvalue weighted by Gasteiger charge is 2.46. The first-order valence-corrected chi connectivity index (χ1v) is 12.0. The van der Waals surface area contributed by atoms with E-state index in [1.165, 1.54) is 12.8 Å². The fourth-order valence-corrected chi connectivity index (χ4v) is 6.48. The van der Waals surface area contributed by atoms with Crippen molar-refractivity contribution in [2.75, 3.05) is 6.16 Å². The number of hydrogen-bond donors (Lipinski definition) is 1. The van der Waals surface area contributed by atoms with Crippen LogP contribution in [0.15, 0.2) is 18.2 Å². The van der Waals surface area contributed by atoms with Crippen molar-refractivity contribution in [1.29, 1.82) is 0 Å². The Morgan fingerprint density at radius 3 is 2.61 bits per heavy atom. The van der Waals surface area contributed by atoms with Crippen molar-refractivity contribution in [1.82, 2.24) is 0 Å². The maximum absolute atomic E-state index is 13.3. The molecule has 0 spiro atoms. The first kappa shape index (κ1) is 19.4. The Labute approximate surface area is 167 Å². The minimum atomic E-state index is -3.27. The number of aromatic hydroxyl groups is 1. The molecule has 2 aliphatic rings. The van der Waals surface area contributed by atoms with Crippen molar-refractivity contribution in [2.24, 2.45) is 0 Å². The van der Waals surface area contributed by atoms with E-state index in [-0.39, 0.29) is 11.7 Å². The van der Waals surface area contributed by atoms with E-state index in [9.17, 15) is 9.67 Å². The van der Waals surface area contributed by atoms with Crippen LogP contribution in [0.5, 0.6) is 17.2 Å². The Hall–Kier alpha value is -1.93. The van der Waals surface area contributed by atoms with Gasteiger partial charge in [0.2, 0.25) is 0 Å². The largest absolute Gasteiger partial charge is 0.508 e. The summed E-state index contributed by atoms with van der Waals surface area (Å²) in [6.45, 7) is 8.35. The molecular formula is C23H29O4P. The first-order chi connectivity index (χ1) is 13.3. The molecule has 28 heavy (non-hydrogen) atoms. The van der Waals surface area contributed by atoms with Crippen LogP contribution < -0.4 is 9.05 Å². The van der Waals surface area contributed by atoms with Gasteiger partial charge in [0.25, 0.3) is 0 Å². The first-order valence-electron chi connectivity index (χ1n) is 10.3. The second-order valence-electron chi connectivity index (χ2n) is 8.24. The van der Waals surface area contributed by atoms with Crippen LogP contribution in [0.1, 0.15) is 71.9 Å². The van der Waals surface area contributed by atoms with Gasteiger partial charge in [-0.2, -0.15) is 0 Å². The van der Waals surface area contributed by atoms with Gasteiger partial charge in [0.15, 0.2) is 0 Å². The van der Waals surface area contributed by atoms with Gasteiger partial charge >= 0.3 is 7.60 Å². The summed E-state index contributed by atoms with van der Waals surface area (Å²) in [5.74, 6) is 1.42. The van der Waals surface area contributed by atoms with Crippen LogP contribution in [0, 0.1) is 20.8 Å². The van der Waals surface area contributed by atoms with Gasteiger partial charge in [-0.25, -0.2) is 4.57 Å². The highest BCUT2D eigenvalue weighted by molar-refractivity contribution is 7.55. The minimum Gasteiger partial charge on any atom is -0.508 e. The van der Waals surface area contributed by atoms with Crippen LogP contribution >= 0.6 is 7.60 Å². The third-order valence-electron chi connectivity index (χ3n) is 6.14. The predicted molar refractivity (Wildman–Crippen MR) is 112 cm³/mol. The molecule has 2 aromatic carbocycles. The molecule has 4 rings (SSSR count). The molecule has 5 heteroatoms. The van der Waals surface area contributed by atoms with Crippen molar-refractivity contribution < 1.29 is 18.7 Å². The third kappa shape index (κ3) is 3.22. The van der Waals surface area contributed by atoms with Crippen LogP contribution in [0.4, 0.5) is 0 Å². The van der Waals surface area contributed by atoms with E-state index in [1.807, 2.05) is 13.8 Å². The monoisotopic (exact) mass is 400 g/mol. The zero-order valence-electron chi connectivity index (χ0n) is 17.2. The van der Waals surface area contributed by atoms with E-state index in [4.69, 9.17) is 9.05 Å². The van der Waals surface area contributed by atoms with Gasteiger partial charge in [0, 0.05) is 23.1 Å². The van der Waals surface area contributed by atoms with Gasteiger partial charge in [-0.05, 0) is 61.9 Å². The highest BCUT2D eigenvalue weighted by atomic mass is 31.2. The molecule has 1 N–H and O–H groups in total. The number of hydrogen-bond acceptors (Lipinski definition) is 4. The Morgan fingerprint density at radius 2 is 1.86 bits per heavy atom. The SMILES string of the molecule is CCCCCCc1cc2c(cc1O)OP1(=O)CC2c2c(C)cc(C)c(C)c2O1. The summed E-state index contributed by atoms with van der Waals surface area (Å²) >= 11 is 0. The lowest BCUT2D eigenvalue weighted by Gasteiger charge is -2.39. The topological polar surface area (TPSA) is 55.8 Å². The van der Waals surface area contributed by atoms with Gasteiger partial charge in [-0.15, -0.1) is 0 Å². The second-order valence-corrected chi connectivity index (χ2v) is 10.2. The van der Waals surface area contributed by atoms with Crippen LogP contribution in [-0.4, -0.2) is 11.3 Å². The molecule has 4 nitrogen and oxygen atoms in total. The third-order valence-corrected chi connectivity index (χ3v) is 7.89. The van der Waals surface area contributed by atoms with Crippen LogP contribution in [0.3, 0.4) is 0 Å². The fraction of sp³-hybridized carbons (Fsp3) is 0.478. The molecule has 2 aliphatic heterocycles. The van der Waals surface area contributed by atoms with E-state index in [2.05, 4.69) is 26.0 Å². The summed E-state index contributed by atoms with van der Waals surface area (Å²) in [6.07, 6.45) is 5.83. The maximum Gasteiger partial charge on any atom is 0.431 e. The van der Waals surface area contributed by atoms with Crippen molar-refractivity contribution in [3.63, 3.8) is 0 Å². The Bertz CT molecular complexity index is 979. The lowest BCUT2D eigenvalue weighted by molar-refractivity contribution is 0.353. The van der Waals surface area contributed by atoms with Crippen molar-refractivity contribution in [3.8, 4) is 17.2 Å². The Kier molecular flexibility index (Phi) is 4.95. The molecule has 2 heterocycles. The summed E-state index contributed by atoms with van der Waals surface area (Å²) in [5.41, 5.74) is 6.39. The smallest absolute Gasteiger partial charge is 0.431 e. The van der Waals surface area contributed by atoms with Gasteiger partial charge in [-0.1, -0.05) is 32.3 Å². The van der Waals surface area contributed by atoms with Gasteiger partial charge < -0.3 is 14.2 Å². The van der Waals surface area contributed by atoms with E-state index in [0.29, 0.717) is 11.9 Å². The van der Waals surface area contributed by atoms with Crippen LogP contribution in [0.2, 0.25) is 0 Å². The molecule has 150 valence electrons. The molecule has 0 radical (unpaired) electrons. The number of aryl methyl sites for hydroxylation is 3. The van der Waals surface area contributed by atoms with Gasteiger partial charge in [0.05, 0.1) is 6.16 Å². The normalized spacial score (nSPS) is 22.1. The zero-order chi connectivity index (χ0) is 20.1. The number of rotatable bonds is 5. The summed E-state index contributed by atoms with van der Waals surface area (Å²) in [6, 6.07) is 5.87. The zero-order valence-corrected chi connectivity index (χ0v) is 18.1. The van der Waals surface area contributed by atoms with Crippen molar-refractivity contribution in [2.45, 2.75) is 65.7 Å². The van der Waals surface area contributed by atoms with Gasteiger partial charge in [0.1, 0.15) is 17.2 Å². The molecule has 2 aromatic rings. The van der Waals surface area contributed by atoms with Crippen molar-refractivity contribution in [3.05, 3.63) is 51.6 Å². The lowest BCUT2D eigenvalue weighted by Crippen LogP contribution is -2.26. The summed E-state index contributed by atoms with van der Waals surface area (Å²) in [4.78, 5) is 0. The molecule has 2 bridgehead atoms. The Morgan fingerprint density at radius 1 is 1.07 bits per heavy atom. The molecule has 0 fully saturated rings. The minimum absolute atomic E-state index is 0.0207.